The van der Waals surface area contributed by atoms with E-state index in [1.54, 1.807) is 11.8 Å². The van der Waals surface area contributed by atoms with Gasteiger partial charge in [-0.2, -0.15) is 0 Å². The second-order valence-corrected chi connectivity index (χ2v) is 6.44. The summed E-state index contributed by atoms with van der Waals surface area (Å²) >= 11 is 1.69. The molecule has 0 saturated heterocycles. The van der Waals surface area contributed by atoms with Crippen LogP contribution in [-0.2, 0) is 0 Å². The monoisotopic (exact) mass is 298 g/mol. The van der Waals surface area contributed by atoms with Crippen LogP contribution in [0.3, 0.4) is 0 Å². The first-order valence-corrected chi connectivity index (χ1v) is 8.36. The number of hydrogen-bond donors (Lipinski definition) is 0. The van der Waals surface area contributed by atoms with E-state index < -0.39 is 0 Å². The molecule has 0 spiro atoms. The zero-order chi connectivity index (χ0) is 15.7. The molecular weight excluding hydrogens is 276 g/mol. The van der Waals surface area contributed by atoms with Crippen LogP contribution in [0.25, 0.3) is 0 Å². The average molecular weight is 298 g/mol. The van der Waals surface area contributed by atoms with E-state index >= 15 is 0 Å². The van der Waals surface area contributed by atoms with Gasteiger partial charge in [-0.3, -0.25) is 4.79 Å². The summed E-state index contributed by atoms with van der Waals surface area (Å²) in [7, 11) is 0. The summed E-state index contributed by atoms with van der Waals surface area (Å²) in [6, 6.07) is 7.88. The lowest BCUT2D eigenvalue weighted by Gasteiger charge is -2.18. The van der Waals surface area contributed by atoms with Gasteiger partial charge in [-0.1, -0.05) is 0 Å². The van der Waals surface area contributed by atoms with Crippen LogP contribution in [0.4, 0.5) is 0 Å². The van der Waals surface area contributed by atoms with E-state index in [-0.39, 0.29) is 5.78 Å². The molecule has 2 rings (SSSR count). The van der Waals surface area contributed by atoms with Crippen LogP contribution in [0.15, 0.2) is 29.2 Å². The number of carbonyl (C=O) groups is 1. The molecule has 0 aromatic heterocycles. The molecule has 2 heteroatoms. The van der Waals surface area contributed by atoms with Gasteiger partial charge in [0, 0.05) is 16.0 Å². The summed E-state index contributed by atoms with van der Waals surface area (Å²) in [6.07, 6.45) is 2.04. The fourth-order valence-electron chi connectivity index (χ4n) is 2.73. The highest BCUT2D eigenvalue weighted by Crippen LogP contribution is 2.28. The zero-order valence-corrected chi connectivity index (χ0v) is 14.4. The van der Waals surface area contributed by atoms with Crippen LogP contribution >= 0.6 is 11.8 Å². The molecule has 0 aliphatic rings. The molecule has 2 aromatic rings. The Morgan fingerprint density at radius 1 is 0.762 bits per heavy atom. The summed E-state index contributed by atoms with van der Waals surface area (Å²) in [5.74, 6) is 0.129. The highest BCUT2D eigenvalue weighted by Gasteiger charge is 2.19. The maximum Gasteiger partial charge on any atom is 0.193 e. The lowest BCUT2D eigenvalue weighted by atomic mass is 9.86. The third-order valence-corrected chi connectivity index (χ3v) is 5.32. The van der Waals surface area contributed by atoms with Gasteiger partial charge >= 0.3 is 0 Å². The zero-order valence-electron chi connectivity index (χ0n) is 13.6. The SMILES string of the molecule is CSc1ccc(C(=O)c2c(C)c(C)c(C)c(C)c2C)cc1. The van der Waals surface area contributed by atoms with Crippen molar-refractivity contribution in [3.05, 3.63) is 63.2 Å². The quantitative estimate of drug-likeness (QED) is 0.573. The largest absolute Gasteiger partial charge is 0.289 e. The van der Waals surface area contributed by atoms with Gasteiger partial charge in [0.1, 0.15) is 0 Å². The van der Waals surface area contributed by atoms with Crippen LogP contribution in [0, 0.1) is 34.6 Å². The van der Waals surface area contributed by atoms with Crippen LogP contribution < -0.4 is 0 Å². The third kappa shape index (κ3) is 2.77. The molecule has 0 aliphatic carbocycles. The number of rotatable bonds is 3. The highest BCUT2D eigenvalue weighted by atomic mass is 32.2. The van der Waals surface area contributed by atoms with Gasteiger partial charge in [0.05, 0.1) is 0 Å². The molecule has 0 fully saturated rings. The Labute approximate surface area is 131 Å². The molecule has 0 aliphatic heterocycles. The van der Waals surface area contributed by atoms with Gasteiger partial charge in [-0.05, 0) is 93.0 Å². The smallest absolute Gasteiger partial charge is 0.193 e. The second kappa shape index (κ2) is 6.07. The number of thioether (sulfide) groups is 1. The fraction of sp³-hybridized carbons (Fsp3) is 0.316. The molecule has 1 nitrogen and oxygen atoms in total. The Balaban J connectivity index is 2.58. The molecule has 0 bridgehead atoms. The van der Waals surface area contributed by atoms with Gasteiger partial charge in [0.25, 0.3) is 0 Å². The summed E-state index contributed by atoms with van der Waals surface area (Å²) in [5, 5.41) is 0. The van der Waals surface area contributed by atoms with Crippen molar-refractivity contribution < 1.29 is 4.79 Å². The number of hydrogen-bond acceptors (Lipinski definition) is 2. The number of ketones is 1. The van der Waals surface area contributed by atoms with Crippen LogP contribution in [0.2, 0.25) is 0 Å². The normalized spacial score (nSPS) is 10.8. The molecule has 0 heterocycles. The average Bonchev–Trinajstić information content (AvgIpc) is 2.51. The number of carbonyl (C=O) groups excluding carboxylic acids is 1. The maximum atomic E-state index is 12.9. The van der Waals surface area contributed by atoms with E-state index in [4.69, 9.17) is 0 Å². The van der Waals surface area contributed by atoms with E-state index in [0.717, 1.165) is 22.3 Å². The molecule has 0 amide bonds. The summed E-state index contributed by atoms with van der Waals surface area (Å²) in [6.45, 7) is 10.4. The van der Waals surface area contributed by atoms with Gasteiger partial charge in [0.2, 0.25) is 0 Å². The standard InChI is InChI=1S/C19H22OS/c1-11-12(2)14(4)18(15(5)13(11)3)19(20)16-7-9-17(21-6)10-8-16/h7-10H,1-6H3. The van der Waals surface area contributed by atoms with E-state index in [2.05, 4.69) is 34.6 Å². The number of benzene rings is 2. The first-order chi connectivity index (χ1) is 9.88. The predicted octanol–water partition coefficient (Wildman–Crippen LogP) is 5.18. The van der Waals surface area contributed by atoms with Crippen molar-refractivity contribution in [2.24, 2.45) is 0 Å². The fourth-order valence-corrected chi connectivity index (χ4v) is 3.14. The summed E-state index contributed by atoms with van der Waals surface area (Å²) < 4.78 is 0. The topological polar surface area (TPSA) is 17.1 Å². The van der Waals surface area contributed by atoms with E-state index in [1.807, 2.05) is 30.5 Å². The summed E-state index contributed by atoms with van der Waals surface area (Å²) in [5.41, 5.74) is 7.59. The van der Waals surface area contributed by atoms with Crippen molar-refractivity contribution in [2.75, 3.05) is 6.26 Å². The van der Waals surface area contributed by atoms with Crippen LogP contribution in [0.1, 0.15) is 43.7 Å². The Morgan fingerprint density at radius 2 is 1.19 bits per heavy atom. The molecule has 2 aromatic carbocycles. The predicted molar refractivity (Wildman–Crippen MR) is 91.8 cm³/mol. The lowest BCUT2D eigenvalue weighted by molar-refractivity contribution is 0.103. The lowest BCUT2D eigenvalue weighted by Crippen LogP contribution is -2.10. The highest BCUT2D eigenvalue weighted by molar-refractivity contribution is 7.98. The van der Waals surface area contributed by atoms with Gasteiger partial charge in [-0.15, -0.1) is 11.8 Å². The van der Waals surface area contributed by atoms with Crippen molar-refractivity contribution >= 4 is 17.5 Å². The van der Waals surface area contributed by atoms with Crippen LogP contribution in [-0.4, -0.2) is 12.0 Å². The molecule has 21 heavy (non-hydrogen) atoms. The Kier molecular flexibility index (Phi) is 4.58. The molecule has 0 atom stereocenters. The first-order valence-electron chi connectivity index (χ1n) is 7.14. The third-order valence-electron chi connectivity index (χ3n) is 4.58. The first kappa shape index (κ1) is 15.8. The molecule has 0 N–H and O–H groups in total. The van der Waals surface area contributed by atoms with E-state index in [0.29, 0.717) is 0 Å². The Hall–Kier alpha value is -1.54. The minimum atomic E-state index is 0.129. The molecular formula is C19H22OS. The second-order valence-electron chi connectivity index (χ2n) is 5.56. The van der Waals surface area contributed by atoms with Gasteiger partial charge in [-0.25, -0.2) is 0 Å². The maximum absolute atomic E-state index is 12.9. The minimum Gasteiger partial charge on any atom is -0.289 e. The van der Waals surface area contributed by atoms with Crippen molar-refractivity contribution in [3.8, 4) is 0 Å². The van der Waals surface area contributed by atoms with Crippen molar-refractivity contribution in [1.82, 2.24) is 0 Å². The van der Waals surface area contributed by atoms with Crippen molar-refractivity contribution in [2.45, 2.75) is 39.5 Å². The molecule has 0 saturated carbocycles. The van der Waals surface area contributed by atoms with Crippen LogP contribution in [0.5, 0.6) is 0 Å². The minimum absolute atomic E-state index is 0.129. The van der Waals surface area contributed by atoms with Gasteiger partial charge in [0.15, 0.2) is 5.78 Å². The van der Waals surface area contributed by atoms with E-state index in [1.165, 1.54) is 21.6 Å². The van der Waals surface area contributed by atoms with Gasteiger partial charge < -0.3 is 0 Å². The van der Waals surface area contributed by atoms with Crippen molar-refractivity contribution in [1.29, 1.82) is 0 Å². The molecule has 0 unspecified atom stereocenters. The van der Waals surface area contributed by atoms with Crippen molar-refractivity contribution in [3.63, 3.8) is 0 Å². The molecule has 110 valence electrons. The molecule has 0 radical (unpaired) electrons. The Morgan fingerprint density at radius 3 is 1.62 bits per heavy atom. The Bertz CT molecular complexity index is 667. The van der Waals surface area contributed by atoms with E-state index in [9.17, 15) is 4.79 Å². The summed E-state index contributed by atoms with van der Waals surface area (Å²) in [4.78, 5) is 14.1.